The fourth-order valence-corrected chi connectivity index (χ4v) is 1.65. The van der Waals surface area contributed by atoms with Gasteiger partial charge in [-0.2, -0.15) is 5.26 Å². The van der Waals surface area contributed by atoms with Gasteiger partial charge in [0.25, 0.3) is 0 Å². The van der Waals surface area contributed by atoms with Crippen LogP contribution in [0.1, 0.15) is 15.9 Å². The number of nitriles is 1. The van der Waals surface area contributed by atoms with Gasteiger partial charge < -0.3 is 0 Å². The molecule has 0 spiro atoms. The minimum absolute atomic E-state index is 0.278. The van der Waals surface area contributed by atoms with E-state index in [1.165, 1.54) is 18.2 Å². The van der Waals surface area contributed by atoms with Crippen LogP contribution < -0.4 is 0 Å². The summed E-state index contributed by atoms with van der Waals surface area (Å²) in [5.74, 6) is -0.452. The fourth-order valence-electron chi connectivity index (χ4n) is 1.65. The van der Waals surface area contributed by atoms with Gasteiger partial charge in [0.2, 0.25) is 0 Å². The molecule has 0 bridgehead atoms. The summed E-state index contributed by atoms with van der Waals surface area (Å²) in [6.45, 7) is 0. The molecule has 0 N–H and O–H groups in total. The summed E-state index contributed by atoms with van der Waals surface area (Å²) in [7, 11) is 0. The van der Waals surface area contributed by atoms with Crippen LogP contribution in [0.5, 0.6) is 0 Å². The molecular formula is C14H8FNO. The molecule has 0 amide bonds. The molecular weight excluding hydrogens is 217 g/mol. The molecule has 82 valence electrons. The molecule has 2 nitrogen and oxygen atoms in total. The molecule has 0 aromatic heterocycles. The molecule has 0 saturated heterocycles. The first kappa shape index (κ1) is 11.0. The van der Waals surface area contributed by atoms with Crippen molar-refractivity contribution in [2.24, 2.45) is 0 Å². The minimum atomic E-state index is -0.452. The quantitative estimate of drug-likeness (QED) is 0.736. The molecule has 0 saturated carbocycles. The third-order valence-electron chi connectivity index (χ3n) is 2.44. The van der Waals surface area contributed by atoms with Gasteiger partial charge >= 0.3 is 0 Å². The first-order chi connectivity index (χ1) is 8.24. The second-order valence-corrected chi connectivity index (χ2v) is 3.54. The summed E-state index contributed by atoms with van der Waals surface area (Å²) in [4.78, 5) is 10.9. The number of carbonyl (C=O) groups is 1. The second-order valence-electron chi connectivity index (χ2n) is 3.54. The number of hydrogen-bond acceptors (Lipinski definition) is 2. The molecule has 3 heteroatoms. The Balaban J connectivity index is 2.60. The molecule has 2 rings (SSSR count). The predicted octanol–water partition coefficient (Wildman–Crippen LogP) is 3.18. The van der Waals surface area contributed by atoms with Gasteiger partial charge in [-0.3, -0.25) is 4.79 Å². The van der Waals surface area contributed by atoms with Gasteiger partial charge in [0.15, 0.2) is 6.29 Å². The van der Waals surface area contributed by atoms with Crippen molar-refractivity contribution >= 4 is 6.29 Å². The van der Waals surface area contributed by atoms with Gasteiger partial charge in [-0.1, -0.05) is 18.2 Å². The van der Waals surface area contributed by atoms with E-state index in [4.69, 9.17) is 5.26 Å². The lowest BCUT2D eigenvalue weighted by atomic mass is 9.99. The normalized spacial score (nSPS) is 9.65. The molecule has 0 aliphatic carbocycles. The average Bonchev–Trinajstić information content (AvgIpc) is 2.38. The number of benzene rings is 2. The number of halogens is 1. The summed E-state index contributed by atoms with van der Waals surface area (Å²) < 4.78 is 13.0. The Morgan fingerprint density at radius 3 is 2.71 bits per heavy atom. The van der Waals surface area contributed by atoms with Crippen molar-refractivity contribution in [2.75, 3.05) is 0 Å². The smallest absolute Gasteiger partial charge is 0.150 e. The van der Waals surface area contributed by atoms with E-state index in [0.717, 1.165) is 5.56 Å². The van der Waals surface area contributed by atoms with Gasteiger partial charge in [0, 0.05) is 5.56 Å². The van der Waals surface area contributed by atoms with E-state index < -0.39 is 5.82 Å². The van der Waals surface area contributed by atoms with Crippen LogP contribution in [-0.2, 0) is 0 Å². The minimum Gasteiger partial charge on any atom is -0.298 e. The summed E-state index contributed by atoms with van der Waals surface area (Å²) in [6.07, 6.45) is 0.609. The van der Waals surface area contributed by atoms with Crippen molar-refractivity contribution in [3.63, 3.8) is 0 Å². The monoisotopic (exact) mass is 225 g/mol. The summed E-state index contributed by atoms with van der Waals surface area (Å²) >= 11 is 0. The Morgan fingerprint density at radius 1 is 1.18 bits per heavy atom. The Hall–Kier alpha value is -2.47. The summed E-state index contributed by atoms with van der Waals surface area (Å²) in [5, 5.41) is 8.80. The van der Waals surface area contributed by atoms with Crippen LogP contribution in [-0.4, -0.2) is 6.29 Å². The molecule has 0 aliphatic heterocycles. The van der Waals surface area contributed by atoms with Gasteiger partial charge in [0.1, 0.15) is 5.82 Å². The van der Waals surface area contributed by atoms with E-state index in [0.29, 0.717) is 17.4 Å². The molecule has 0 unspecified atom stereocenters. The molecule has 0 radical (unpaired) electrons. The molecule has 0 heterocycles. The van der Waals surface area contributed by atoms with Crippen LogP contribution in [0.15, 0.2) is 42.5 Å². The van der Waals surface area contributed by atoms with E-state index in [9.17, 15) is 9.18 Å². The highest BCUT2D eigenvalue weighted by atomic mass is 19.1. The highest BCUT2D eigenvalue weighted by molar-refractivity contribution is 5.87. The third kappa shape index (κ3) is 2.21. The lowest BCUT2D eigenvalue weighted by molar-refractivity contribution is 0.112. The Morgan fingerprint density at radius 2 is 2.00 bits per heavy atom. The topological polar surface area (TPSA) is 40.9 Å². The van der Waals surface area contributed by atoms with Crippen LogP contribution >= 0.6 is 0 Å². The number of hydrogen-bond donors (Lipinski definition) is 0. The molecule has 0 fully saturated rings. The number of nitrogens with zero attached hydrogens (tertiary/aromatic N) is 1. The SMILES string of the molecule is N#Cc1cccc(-c2ccc(F)cc2C=O)c1. The summed E-state index contributed by atoms with van der Waals surface area (Å²) in [5.41, 5.74) is 2.13. The highest BCUT2D eigenvalue weighted by Crippen LogP contribution is 2.24. The summed E-state index contributed by atoms with van der Waals surface area (Å²) in [6, 6.07) is 12.9. The van der Waals surface area contributed by atoms with Gasteiger partial charge in [-0.05, 0) is 35.4 Å². The van der Waals surface area contributed by atoms with Gasteiger partial charge in [-0.25, -0.2) is 4.39 Å². The number of aldehydes is 1. The second kappa shape index (κ2) is 4.58. The largest absolute Gasteiger partial charge is 0.298 e. The van der Waals surface area contributed by atoms with Crippen molar-refractivity contribution in [1.29, 1.82) is 5.26 Å². The fraction of sp³-hybridized carbons (Fsp3) is 0. The number of carbonyl (C=O) groups excluding carboxylic acids is 1. The lowest BCUT2D eigenvalue weighted by Gasteiger charge is -2.05. The first-order valence-electron chi connectivity index (χ1n) is 5.00. The van der Waals surface area contributed by atoms with Crippen LogP contribution in [0.25, 0.3) is 11.1 Å². The van der Waals surface area contributed by atoms with Gasteiger partial charge in [0.05, 0.1) is 11.6 Å². The maximum atomic E-state index is 13.0. The predicted molar refractivity (Wildman–Crippen MR) is 61.9 cm³/mol. The van der Waals surface area contributed by atoms with Crippen LogP contribution in [0, 0.1) is 17.1 Å². The first-order valence-corrected chi connectivity index (χ1v) is 5.00. The van der Waals surface area contributed by atoms with Crippen LogP contribution in [0.4, 0.5) is 4.39 Å². The van der Waals surface area contributed by atoms with Crippen molar-refractivity contribution in [2.45, 2.75) is 0 Å². The van der Waals surface area contributed by atoms with E-state index in [1.807, 2.05) is 6.07 Å². The Kier molecular flexibility index (Phi) is 2.97. The highest BCUT2D eigenvalue weighted by Gasteiger charge is 2.06. The zero-order chi connectivity index (χ0) is 12.3. The Bertz CT molecular complexity index is 614. The van der Waals surface area contributed by atoms with Crippen LogP contribution in [0.3, 0.4) is 0 Å². The maximum Gasteiger partial charge on any atom is 0.150 e. The van der Waals surface area contributed by atoms with Crippen molar-refractivity contribution in [3.8, 4) is 17.2 Å². The van der Waals surface area contributed by atoms with Crippen LogP contribution in [0.2, 0.25) is 0 Å². The van der Waals surface area contributed by atoms with Crippen molar-refractivity contribution < 1.29 is 9.18 Å². The standard InChI is InChI=1S/C14H8FNO/c15-13-4-5-14(12(7-13)9-17)11-3-1-2-10(6-11)8-16/h1-7,9H. The average molecular weight is 225 g/mol. The zero-order valence-electron chi connectivity index (χ0n) is 8.85. The molecule has 17 heavy (non-hydrogen) atoms. The molecule has 0 aliphatic rings. The zero-order valence-corrected chi connectivity index (χ0v) is 8.85. The van der Waals surface area contributed by atoms with Crippen molar-refractivity contribution in [3.05, 3.63) is 59.4 Å². The van der Waals surface area contributed by atoms with E-state index in [1.54, 1.807) is 24.3 Å². The molecule has 2 aromatic rings. The van der Waals surface area contributed by atoms with Gasteiger partial charge in [-0.15, -0.1) is 0 Å². The Labute approximate surface area is 97.9 Å². The maximum absolute atomic E-state index is 13.0. The lowest BCUT2D eigenvalue weighted by Crippen LogP contribution is -1.89. The van der Waals surface area contributed by atoms with E-state index in [2.05, 4.69) is 0 Å². The van der Waals surface area contributed by atoms with Crippen molar-refractivity contribution in [1.82, 2.24) is 0 Å². The molecule has 2 aromatic carbocycles. The molecule has 0 atom stereocenters. The van der Waals surface area contributed by atoms with E-state index >= 15 is 0 Å². The number of rotatable bonds is 2. The third-order valence-corrected chi connectivity index (χ3v) is 2.44. The van der Waals surface area contributed by atoms with E-state index in [-0.39, 0.29) is 5.56 Å².